The summed E-state index contributed by atoms with van der Waals surface area (Å²) in [5, 5.41) is 7.06. The molecule has 0 fully saturated rings. The summed E-state index contributed by atoms with van der Waals surface area (Å²) >= 11 is 6.54. The van der Waals surface area contributed by atoms with E-state index in [2.05, 4.69) is 10.5 Å². The van der Waals surface area contributed by atoms with Crippen molar-refractivity contribution in [2.75, 3.05) is 16.8 Å². The molecule has 1 N–H and O–H groups in total. The molecule has 0 unspecified atom stereocenters. The molecule has 0 aliphatic carbocycles. The first kappa shape index (κ1) is 21.9. The van der Waals surface area contributed by atoms with Crippen molar-refractivity contribution in [2.45, 2.75) is 20.3 Å². The summed E-state index contributed by atoms with van der Waals surface area (Å²) in [5.74, 6) is 0.240. The number of halogens is 1. The van der Waals surface area contributed by atoms with Crippen LogP contribution in [0.4, 0.5) is 11.4 Å². The fraction of sp³-hybridized carbons (Fsp3) is 0.148. The average molecular weight is 472 g/mol. The second-order valence-corrected chi connectivity index (χ2v) is 8.71. The van der Waals surface area contributed by atoms with Crippen LogP contribution in [0.5, 0.6) is 0 Å². The lowest BCUT2D eigenvalue weighted by Crippen LogP contribution is -2.32. The van der Waals surface area contributed by atoms with Gasteiger partial charge >= 0.3 is 0 Å². The molecule has 0 atom stereocenters. The van der Waals surface area contributed by atoms with Gasteiger partial charge in [0.15, 0.2) is 5.76 Å². The molecule has 0 radical (unpaired) electrons. The minimum absolute atomic E-state index is 0.219. The Morgan fingerprint density at radius 2 is 1.85 bits per heavy atom. The number of amides is 2. The highest BCUT2D eigenvalue weighted by molar-refractivity contribution is 6.35. The van der Waals surface area contributed by atoms with Gasteiger partial charge in [-0.05, 0) is 67.8 Å². The predicted molar refractivity (Wildman–Crippen MR) is 133 cm³/mol. The largest absolute Gasteiger partial charge is 0.356 e. The number of aromatic nitrogens is 1. The van der Waals surface area contributed by atoms with E-state index in [1.165, 1.54) is 0 Å². The lowest BCUT2D eigenvalue weighted by Gasteiger charge is -2.23. The number of benzene rings is 3. The van der Waals surface area contributed by atoms with Gasteiger partial charge in [0, 0.05) is 28.9 Å². The smallest absolute Gasteiger partial charge is 0.259 e. The Kier molecular flexibility index (Phi) is 5.67. The lowest BCUT2D eigenvalue weighted by molar-refractivity contribution is 0.0986. The van der Waals surface area contributed by atoms with E-state index in [9.17, 15) is 9.59 Å². The van der Waals surface area contributed by atoms with E-state index >= 15 is 0 Å². The molecule has 0 saturated heterocycles. The molecule has 1 aliphatic rings. The Morgan fingerprint density at radius 3 is 2.68 bits per heavy atom. The van der Waals surface area contributed by atoms with Crippen molar-refractivity contribution in [1.82, 2.24) is 5.16 Å². The zero-order chi connectivity index (χ0) is 23.8. The third-order valence-electron chi connectivity index (χ3n) is 6.24. The molecule has 34 heavy (non-hydrogen) atoms. The number of rotatable bonds is 3. The number of carbonyl (C=O) groups excluding carboxylic acids is 2. The molecule has 3 aromatic carbocycles. The molecule has 1 aliphatic heterocycles. The highest BCUT2D eigenvalue weighted by atomic mass is 35.5. The minimum atomic E-state index is -0.222. The molecule has 1 aromatic heterocycles. The Labute approximate surface area is 202 Å². The molecule has 2 heterocycles. The van der Waals surface area contributed by atoms with E-state index in [0.717, 1.165) is 27.9 Å². The van der Waals surface area contributed by atoms with Gasteiger partial charge in [-0.1, -0.05) is 41.0 Å². The second-order valence-electron chi connectivity index (χ2n) is 8.30. The molecule has 0 spiro atoms. The van der Waals surface area contributed by atoms with Crippen LogP contribution in [0.25, 0.3) is 11.3 Å². The van der Waals surface area contributed by atoms with Gasteiger partial charge in [-0.15, -0.1) is 0 Å². The van der Waals surface area contributed by atoms with Crippen molar-refractivity contribution in [2.24, 2.45) is 0 Å². The van der Waals surface area contributed by atoms with Gasteiger partial charge in [0.1, 0.15) is 0 Å². The number of hydrogen-bond acceptors (Lipinski definition) is 4. The number of nitrogens with one attached hydrogen (secondary N) is 1. The quantitative estimate of drug-likeness (QED) is 0.393. The van der Waals surface area contributed by atoms with Crippen LogP contribution < -0.4 is 10.2 Å². The third-order valence-corrected chi connectivity index (χ3v) is 6.55. The molecule has 5 rings (SSSR count). The average Bonchev–Trinajstić information content (AvgIpc) is 3.23. The highest BCUT2D eigenvalue weighted by Crippen LogP contribution is 2.37. The Balaban J connectivity index is 1.42. The van der Waals surface area contributed by atoms with Gasteiger partial charge < -0.3 is 14.7 Å². The number of nitrogens with zero attached hydrogens (tertiary/aromatic N) is 2. The van der Waals surface area contributed by atoms with Crippen LogP contribution in [0.15, 0.2) is 71.4 Å². The van der Waals surface area contributed by atoms with E-state index in [1.807, 2.05) is 50.2 Å². The maximum absolute atomic E-state index is 13.6. The standard InChI is InChI=1S/C27H22ClN3O3/c1-16-6-5-8-20(17(16)2)26(32)30-19-10-11-21(23(28)14-19)27(33)31-13-12-18-15-29-34-25(18)22-7-3-4-9-24(22)31/h3-11,14-15H,12-13H2,1-2H3,(H,30,32). The summed E-state index contributed by atoms with van der Waals surface area (Å²) in [5.41, 5.74) is 5.96. The SMILES string of the molecule is Cc1cccc(C(=O)Nc2ccc(C(=O)N3CCc4cnoc4-c4ccccc43)c(Cl)c2)c1C. The van der Waals surface area contributed by atoms with Crippen LogP contribution in [0.3, 0.4) is 0 Å². The topological polar surface area (TPSA) is 75.4 Å². The van der Waals surface area contributed by atoms with E-state index < -0.39 is 0 Å². The molecule has 0 bridgehead atoms. The first-order chi connectivity index (χ1) is 16.4. The molecule has 0 saturated carbocycles. The zero-order valence-electron chi connectivity index (χ0n) is 18.8. The van der Waals surface area contributed by atoms with Crippen LogP contribution in [-0.4, -0.2) is 23.5 Å². The van der Waals surface area contributed by atoms with E-state index in [1.54, 1.807) is 35.4 Å². The fourth-order valence-electron chi connectivity index (χ4n) is 4.23. The maximum Gasteiger partial charge on any atom is 0.259 e. The van der Waals surface area contributed by atoms with Crippen molar-refractivity contribution in [3.63, 3.8) is 0 Å². The van der Waals surface area contributed by atoms with Crippen molar-refractivity contribution >= 4 is 34.8 Å². The number of hydrogen-bond donors (Lipinski definition) is 1. The monoisotopic (exact) mass is 471 g/mol. The summed E-state index contributed by atoms with van der Waals surface area (Å²) in [6.07, 6.45) is 2.31. The Morgan fingerprint density at radius 1 is 1.03 bits per heavy atom. The number of anilines is 2. The van der Waals surface area contributed by atoms with Crippen LogP contribution in [-0.2, 0) is 6.42 Å². The maximum atomic E-state index is 13.6. The molecular formula is C27H22ClN3O3. The van der Waals surface area contributed by atoms with Crippen LogP contribution in [0.2, 0.25) is 5.02 Å². The second kappa shape index (κ2) is 8.80. The van der Waals surface area contributed by atoms with Gasteiger partial charge in [-0.25, -0.2) is 0 Å². The summed E-state index contributed by atoms with van der Waals surface area (Å²) in [7, 11) is 0. The van der Waals surface area contributed by atoms with Crippen LogP contribution in [0.1, 0.15) is 37.4 Å². The van der Waals surface area contributed by atoms with E-state index in [-0.39, 0.29) is 16.8 Å². The first-order valence-electron chi connectivity index (χ1n) is 11.0. The van der Waals surface area contributed by atoms with Gasteiger partial charge in [0.05, 0.1) is 22.5 Å². The molecule has 7 heteroatoms. The summed E-state index contributed by atoms with van der Waals surface area (Å²) in [6.45, 7) is 4.35. The number of fused-ring (bicyclic) bond motifs is 3. The number of carbonyl (C=O) groups is 2. The van der Waals surface area contributed by atoms with Crippen LogP contribution in [0, 0.1) is 13.8 Å². The fourth-order valence-corrected chi connectivity index (χ4v) is 4.49. The van der Waals surface area contributed by atoms with Gasteiger partial charge in [0.2, 0.25) is 0 Å². The molecule has 6 nitrogen and oxygen atoms in total. The van der Waals surface area contributed by atoms with Crippen molar-refractivity contribution in [1.29, 1.82) is 0 Å². The predicted octanol–water partition coefficient (Wildman–Crippen LogP) is 6.07. The molecule has 2 amide bonds. The minimum Gasteiger partial charge on any atom is -0.356 e. The third kappa shape index (κ3) is 3.86. The Bertz CT molecular complexity index is 1430. The molecular weight excluding hydrogens is 450 g/mol. The number of para-hydroxylation sites is 1. The summed E-state index contributed by atoms with van der Waals surface area (Å²) in [6, 6.07) is 18.1. The van der Waals surface area contributed by atoms with Gasteiger partial charge in [-0.2, -0.15) is 0 Å². The zero-order valence-corrected chi connectivity index (χ0v) is 19.5. The van der Waals surface area contributed by atoms with E-state index in [0.29, 0.717) is 35.5 Å². The number of aryl methyl sites for hydroxylation is 1. The summed E-state index contributed by atoms with van der Waals surface area (Å²) in [4.78, 5) is 28.0. The van der Waals surface area contributed by atoms with E-state index in [4.69, 9.17) is 16.1 Å². The van der Waals surface area contributed by atoms with Crippen molar-refractivity contribution in [3.05, 3.63) is 99.7 Å². The Hall–Kier alpha value is -3.90. The van der Waals surface area contributed by atoms with Crippen molar-refractivity contribution < 1.29 is 14.1 Å². The van der Waals surface area contributed by atoms with Crippen LogP contribution >= 0.6 is 11.6 Å². The highest BCUT2D eigenvalue weighted by Gasteiger charge is 2.28. The molecule has 170 valence electrons. The summed E-state index contributed by atoms with van der Waals surface area (Å²) < 4.78 is 5.47. The van der Waals surface area contributed by atoms with Gasteiger partial charge in [0.25, 0.3) is 11.8 Å². The van der Waals surface area contributed by atoms with Gasteiger partial charge in [-0.3, -0.25) is 9.59 Å². The molecule has 4 aromatic rings. The lowest BCUT2D eigenvalue weighted by atomic mass is 10.0. The first-order valence-corrected chi connectivity index (χ1v) is 11.3. The van der Waals surface area contributed by atoms with Crippen molar-refractivity contribution in [3.8, 4) is 11.3 Å². The normalized spacial score (nSPS) is 12.5.